The predicted octanol–water partition coefficient (Wildman–Crippen LogP) is -0.103. The molecule has 0 aromatic carbocycles. The van der Waals surface area contributed by atoms with Gasteiger partial charge in [-0.3, -0.25) is 20.2 Å². The minimum absolute atomic E-state index is 0.131. The molecule has 0 radical (unpaired) electrons. The number of nitrogens with zero attached hydrogens (tertiary/aromatic N) is 1. The number of rotatable bonds is 1. The average Bonchev–Trinajstić information content (AvgIpc) is 2.81. The highest BCUT2D eigenvalue weighted by molar-refractivity contribution is 8.04. The molecule has 2 saturated heterocycles. The highest BCUT2D eigenvalue weighted by Crippen LogP contribution is 2.36. The zero-order chi connectivity index (χ0) is 12.0. The maximum absolute atomic E-state index is 11.5. The molecule has 0 aromatic rings. The number of urea groups is 1. The summed E-state index contributed by atoms with van der Waals surface area (Å²) in [5.74, 6) is -1.66. The Morgan fingerprint density at radius 1 is 1.35 bits per heavy atom. The number of imide groups is 2. The van der Waals surface area contributed by atoms with Gasteiger partial charge in [0.15, 0.2) is 0 Å². The van der Waals surface area contributed by atoms with Gasteiger partial charge in [-0.25, -0.2) is 9.69 Å². The molecule has 2 atom stereocenters. The summed E-state index contributed by atoms with van der Waals surface area (Å²) in [6.45, 7) is 0. The standard InChI is InChI=1S/C10H9N3O3S/c14-7-8(15)13(9(16)12-7)10-11-5-3-1-2-4-6(5)17-10/h1-2,4-5,10-11H,3H2,(H,12,14,16). The van der Waals surface area contributed by atoms with Crippen LogP contribution in [-0.2, 0) is 9.59 Å². The molecule has 4 amide bonds. The number of fused-ring (bicyclic) bond motifs is 1. The SMILES string of the molecule is O=C1NC(=O)N(C2NC3CC=CC=C3S2)C1=O. The molecule has 2 unspecified atom stereocenters. The second-order valence-electron chi connectivity index (χ2n) is 3.86. The minimum Gasteiger partial charge on any atom is -0.280 e. The first kappa shape index (κ1) is 10.5. The molecular weight excluding hydrogens is 242 g/mol. The van der Waals surface area contributed by atoms with Crippen molar-refractivity contribution < 1.29 is 14.4 Å². The number of hydrogen-bond acceptors (Lipinski definition) is 5. The summed E-state index contributed by atoms with van der Waals surface area (Å²) < 4.78 is 0. The number of thioether (sulfide) groups is 1. The molecule has 6 nitrogen and oxygen atoms in total. The molecule has 2 fully saturated rings. The second-order valence-corrected chi connectivity index (χ2v) is 5.01. The summed E-state index contributed by atoms with van der Waals surface area (Å²) >= 11 is 1.39. The normalized spacial score (nSPS) is 31.6. The molecule has 3 rings (SSSR count). The third-order valence-electron chi connectivity index (χ3n) is 2.79. The van der Waals surface area contributed by atoms with Gasteiger partial charge in [0, 0.05) is 10.9 Å². The number of hydrogen-bond donors (Lipinski definition) is 2. The van der Waals surface area contributed by atoms with Crippen LogP contribution in [0.15, 0.2) is 23.1 Å². The number of carbonyl (C=O) groups is 3. The van der Waals surface area contributed by atoms with E-state index in [0.29, 0.717) is 0 Å². The van der Waals surface area contributed by atoms with Crippen LogP contribution >= 0.6 is 11.8 Å². The average molecular weight is 251 g/mol. The van der Waals surface area contributed by atoms with E-state index >= 15 is 0 Å². The largest absolute Gasteiger partial charge is 0.333 e. The van der Waals surface area contributed by atoms with E-state index in [4.69, 9.17) is 0 Å². The van der Waals surface area contributed by atoms with E-state index in [2.05, 4.69) is 5.32 Å². The minimum atomic E-state index is -0.862. The van der Waals surface area contributed by atoms with Gasteiger partial charge in [-0.15, -0.1) is 0 Å². The van der Waals surface area contributed by atoms with Gasteiger partial charge in [0.1, 0.15) is 5.50 Å². The van der Waals surface area contributed by atoms with Crippen molar-refractivity contribution in [1.82, 2.24) is 15.5 Å². The monoisotopic (exact) mass is 251 g/mol. The zero-order valence-corrected chi connectivity index (χ0v) is 9.49. The van der Waals surface area contributed by atoms with Crippen LogP contribution in [0.1, 0.15) is 6.42 Å². The lowest BCUT2D eigenvalue weighted by Crippen LogP contribution is -2.46. The summed E-state index contributed by atoms with van der Waals surface area (Å²) in [5.41, 5.74) is -0.495. The molecule has 3 aliphatic rings. The lowest BCUT2D eigenvalue weighted by molar-refractivity contribution is -0.140. The number of amides is 4. The fourth-order valence-electron chi connectivity index (χ4n) is 1.97. The Morgan fingerprint density at radius 2 is 2.18 bits per heavy atom. The van der Waals surface area contributed by atoms with Gasteiger partial charge in [-0.1, -0.05) is 30.0 Å². The van der Waals surface area contributed by atoms with Crippen molar-refractivity contribution in [2.75, 3.05) is 0 Å². The van der Waals surface area contributed by atoms with Crippen molar-refractivity contribution in [2.24, 2.45) is 0 Å². The fourth-order valence-corrected chi connectivity index (χ4v) is 3.24. The summed E-state index contributed by atoms with van der Waals surface area (Å²) in [4.78, 5) is 36.1. The first-order chi connectivity index (χ1) is 8.16. The number of allylic oxidation sites excluding steroid dienone is 2. The van der Waals surface area contributed by atoms with Gasteiger partial charge in [-0.2, -0.15) is 0 Å². The van der Waals surface area contributed by atoms with Crippen LogP contribution in [0.2, 0.25) is 0 Å². The predicted molar refractivity (Wildman–Crippen MR) is 60.5 cm³/mol. The van der Waals surface area contributed by atoms with Crippen molar-refractivity contribution in [3.8, 4) is 0 Å². The van der Waals surface area contributed by atoms with Crippen LogP contribution in [0.3, 0.4) is 0 Å². The molecule has 2 heterocycles. The summed E-state index contributed by atoms with van der Waals surface area (Å²) in [6, 6.07) is -0.525. The van der Waals surface area contributed by atoms with Gasteiger partial charge in [0.05, 0.1) is 0 Å². The molecule has 2 N–H and O–H groups in total. The Labute approximate surface area is 101 Å². The number of carbonyl (C=O) groups excluding carboxylic acids is 3. The van der Waals surface area contributed by atoms with Gasteiger partial charge < -0.3 is 0 Å². The highest BCUT2D eigenvalue weighted by Gasteiger charge is 2.45. The third kappa shape index (κ3) is 1.58. The van der Waals surface area contributed by atoms with Crippen molar-refractivity contribution in [3.05, 3.63) is 23.1 Å². The van der Waals surface area contributed by atoms with E-state index in [0.717, 1.165) is 16.2 Å². The van der Waals surface area contributed by atoms with E-state index in [1.54, 1.807) is 0 Å². The summed E-state index contributed by atoms with van der Waals surface area (Å²) in [5, 5.41) is 5.14. The Kier molecular flexibility index (Phi) is 2.30. The van der Waals surface area contributed by atoms with Gasteiger partial charge >= 0.3 is 17.8 Å². The first-order valence-electron chi connectivity index (χ1n) is 5.15. The van der Waals surface area contributed by atoms with E-state index in [1.807, 2.05) is 23.5 Å². The lowest BCUT2D eigenvalue weighted by Gasteiger charge is -2.19. The highest BCUT2D eigenvalue weighted by atomic mass is 32.2. The Morgan fingerprint density at radius 3 is 2.82 bits per heavy atom. The molecular formula is C10H9N3O3S. The van der Waals surface area contributed by atoms with Crippen molar-refractivity contribution in [2.45, 2.75) is 18.0 Å². The van der Waals surface area contributed by atoms with Crippen LogP contribution in [0.25, 0.3) is 0 Å². The molecule has 0 aromatic heterocycles. The maximum atomic E-state index is 11.5. The third-order valence-corrected chi connectivity index (χ3v) is 4.05. The first-order valence-corrected chi connectivity index (χ1v) is 6.03. The van der Waals surface area contributed by atoms with Gasteiger partial charge in [-0.05, 0) is 6.42 Å². The smallest absolute Gasteiger partial charge is 0.280 e. The summed E-state index contributed by atoms with van der Waals surface area (Å²) in [6.07, 6.45) is 6.74. The molecule has 7 heteroatoms. The van der Waals surface area contributed by atoms with Crippen LogP contribution in [-0.4, -0.2) is 34.3 Å². The number of nitrogens with one attached hydrogen (secondary N) is 2. The van der Waals surface area contributed by atoms with Crippen LogP contribution < -0.4 is 10.6 Å². The van der Waals surface area contributed by atoms with Crippen LogP contribution in [0.5, 0.6) is 0 Å². The van der Waals surface area contributed by atoms with E-state index in [-0.39, 0.29) is 6.04 Å². The molecule has 17 heavy (non-hydrogen) atoms. The second kappa shape index (κ2) is 3.71. The van der Waals surface area contributed by atoms with Gasteiger partial charge in [0.2, 0.25) is 0 Å². The Balaban J connectivity index is 1.82. The molecule has 1 aliphatic carbocycles. The quantitative estimate of drug-likeness (QED) is 0.502. The Hall–Kier alpha value is -1.60. The molecule has 88 valence electrons. The topological polar surface area (TPSA) is 78.5 Å². The molecule has 0 bridgehead atoms. The Bertz CT molecular complexity index is 485. The van der Waals surface area contributed by atoms with Crippen molar-refractivity contribution in [3.63, 3.8) is 0 Å². The molecule has 2 aliphatic heterocycles. The van der Waals surface area contributed by atoms with E-state index in [1.165, 1.54) is 11.8 Å². The van der Waals surface area contributed by atoms with Crippen LogP contribution in [0.4, 0.5) is 4.79 Å². The van der Waals surface area contributed by atoms with E-state index in [9.17, 15) is 14.4 Å². The van der Waals surface area contributed by atoms with Gasteiger partial charge in [0.25, 0.3) is 0 Å². The lowest BCUT2D eigenvalue weighted by atomic mass is 10.1. The molecule has 0 saturated carbocycles. The summed E-state index contributed by atoms with van der Waals surface area (Å²) in [7, 11) is 0. The zero-order valence-electron chi connectivity index (χ0n) is 8.67. The van der Waals surface area contributed by atoms with Crippen molar-refractivity contribution >= 4 is 29.6 Å². The van der Waals surface area contributed by atoms with Crippen LogP contribution in [0, 0.1) is 0 Å². The molecule has 0 spiro atoms. The maximum Gasteiger partial charge on any atom is 0.333 e. The van der Waals surface area contributed by atoms with E-state index < -0.39 is 23.3 Å². The fraction of sp³-hybridized carbons (Fsp3) is 0.300. The van der Waals surface area contributed by atoms with Crippen molar-refractivity contribution in [1.29, 1.82) is 0 Å².